The van der Waals surface area contributed by atoms with Crippen LogP contribution in [0.15, 0.2) is 36.7 Å². The predicted octanol–water partition coefficient (Wildman–Crippen LogP) is 0.698. The summed E-state index contributed by atoms with van der Waals surface area (Å²) in [4.78, 5) is 30.4. The molecule has 0 unspecified atom stereocenters. The molecule has 1 aromatic heterocycles. The number of benzene rings is 1. The molecule has 2 aliphatic heterocycles. The normalized spacial score (nSPS) is 22.6. The van der Waals surface area contributed by atoms with Gasteiger partial charge >= 0.3 is 6.03 Å². The maximum atomic E-state index is 12.3. The van der Waals surface area contributed by atoms with Gasteiger partial charge in [-0.15, -0.1) is 0 Å². The van der Waals surface area contributed by atoms with Gasteiger partial charge in [-0.1, -0.05) is 18.2 Å². The minimum atomic E-state index is -0.235. The van der Waals surface area contributed by atoms with Gasteiger partial charge in [0.2, 0.25) is 5.91 Å². The minimum absolute atomic E-state index is 0.0246. The third kappa shape index (κ3) is 3.33. The summed E-state index contributed by atoms with van der Waals surface area (Å²) in [5, 5.41) is 10.0. The number of carbonyl (C=O) groups excluding carboxylic acids is 2. The Morgan fingerprint density at radius 3 is 2.76 bits per heavy atom. The molecule has 2 N–H and O–H groups in total. The van der Waals surface area contributed by atoms with Crippen LogP contribution in [-0.4, -0.2) is 45.3 Å². The maximum absolute atomic E-state index is 12.3. The molecule has 130 valence electrons. The molecule has 0 aliphatic carbocycles. The summed E-state index contributed by atoms with van der Waals surface area (Å²) >= 11 is 0. The molecular weight excluding hydrogens is 320 g/mol. The van der Waals surface area contributed by atoms with Crippen LogP contribution >= 0.6 is 0 Å². The minimum Gasteiger partial charge on any atom is -0.334 e. The van der Waals surface area contributed by atoms with Crippen molar-refractivity contribution in [2.45, 2.75) is 37.9 Å². The molecule has 1 saturated heterocycles. The van der Waals surface area contributed by atoms with E-state index in [4.69, 9.17) is 0 Å². The van der Waals surface area contributed by atoms with Gasteiger partial charge in [0.15, 0.2) is 0 Å². The van der Waals surface area contributed by atoms with Gasteiger partial charge in [-0.3, -0.25) is 4.79 Å². The number of carbonyl (C=O) groups is 2. The first-order valence-electron chi connectivity index (χ1n) is 8.48. The Kier molecular flexibility index (Phi) is 4.09. The summed E-state index contributed by atoms with van der Waals surface area (Å²) in [5.41, 5.74) is 0.864. The van der Waals surface area contributed by atoms with Gasteiger partial charge in [-0.25, -0.2) is 14.5 Å². The second-order valence-electron chi connectivity index (χ2n) is 6.45. The Hall–Kier alpha value is -2.90. The van der Waals surface area contributed by atoms with Crippen LogP contribution in [0.2, 0.25) is 0 Å². The highest BCUT2D eigenvalue weighted by Gasteiger charge is 2.32. The van der Waals surface area contributed by atoms with Crippen LogP contribution in [0, 0.1) is 0 Å². The standard InChI is InChI=1S/C17H20N6O2/c24-16-8-13(9-22(16)14-4-2-1-3-5-14)21-17(25)20-12-6-7-15-18-11-19-23(15)10-12/h1-5,11-13H,6-10H2,(H2,20,21,25)/t12-,13+/m1/s1. The highest BCUT2D eigenvalue weighted by Crippen LogP contribution is 2.21. The van der Waals surface area contributed by atoms with Gasteiger partial charge in [0.25, 0.3) is 0 Å². The van der Waals surface area contributed by atoms with E-state index in [0.717, 1.165) is 24.4 Å². The third-order valence-electron chi connectivity index (χ3n) is 4.67. The number of rotatable bonds is 3. The number of urea groups is 1. The molecule has 2 atom stereocenters. The molecule has 0 saturated carbocycles. The van der Waals surface area contributed by atoms with Crippen molar-refractivity contribution in [3.63, 3.8) is 0 Å². The molecule has 25 heavy (non-hydrogen) atoms. The average Bonchev–Trinajstić information content (AvgIpc) is 3.21. The Labute approximate surface area is 145 Å². The number of aromatic nitrogens is 3. The highest BCUT2D eigenvalue weighted by molar-refractivity contribution is 5.96. The van der Waals surface area contributed by atoms with Gasteiger partial charge in [-0.05, 0) is 18.6 Å². The van der Waals surface area contributed by atoms with E-state index >= 15 is 0 Å². The van der Waals surface area contributed by atoms with E-state index in [1.54, 1.807) is 11.2 Å². The lowest BCUT2D eigenvalue weighted by Crippen LogP contribution is -2.49. The van der Waals surface area contributed by atoms with Crippen molar-refractivity contribution >= 4 is 17.6 Å². The van der Waals surface area contributed by atoms with E-state index in [2.05, 4.69) is 20.7 Å². The van der Waals surface area contributed by atoms with Crippen molar-refractivity contribution in [2.75, 3.05) is 11.4 Å². The van der Waals surface area contributed by atoms with Crippen molar-refractivity contribution in [1.29, 1.82) is 0 Å². The first-order chi connectivity index (χ1) is 12.2. The second kappa shape index (κ2) is 6.54. The number of aryl methyl sites for hydroxylation is 1. The van der Waals surface area contributed by atoms with Gasteiger partial charge in [0.1, 0.15) is 12.2 Å². The molecule has 8 heteroatoms. The zero-order valence-electron chi connectivity index (χ0n) is 13.8. The van der Waals surface area contributed by atoms with E-state index in [1.807, 2.05) is 35.0 Å². The lowest BCUT2D eigenvalue weighted by atomic mass is 10.1. The topological polar surface area (TPSA) is 92.1 Å². The van der Waals surface area contributed by atoms with E-state index in [9.17, 15) is 9.59 Å². The second-order valence-corrected chi connectivity index (χ2v) is 6.45. The van der Waals surface area contributed by atoms with E-state index in [1.165, 1.54) is 0 Å². The lowest BCUT2D eigenvalue weighted by molar-refractivity contribution is -0.117. The van der Waals surface area contributed by atoms with E-state index in [-0.39, 0.29) is 24.0 Å². The van der Waals surface area contributed by atoms with Gasteiger partial charge in [-0.2, -0.15) is 5.10 Å². The molecule has 1 fully saturated rings. The molecule has 2 aromatic rings. The molecule has 4 rings (SSSR count). The first-order valence-corrected chi connectivity index (χ1v) is 8.48. The summed E-state index contributed by atoms with van der Waals surface area (Å²) in [6.07, 6.45) is 3.50. The van der Waals surface area contributed by atoms with Crippen LogP contribution in [0.25, 0.3) is 0 Å². The number of hydrogen-bond acceptors (Lipinski definition) is 4. The smallest absolute Gasteiger partial charge is 0.315 e. The monoisotopic (exact) mass is 340 g/mol. The van der Waals surface area contributed by atoms with Crippen molar-refractivity contribution in [2.24, 2.45) is 0 Å². The molecule has 3 heterocycles. The molecule has 0 radical (unpaired) electrons. The van der Waals surface area contributed by atoms with E-state index < -0.39 is 0 Å². The zero-order valence-corrected chi connectivity index (χ0v) is 13.8. The summed E-state index contributed by atoms with van der Waals surface area (Å²) in [6.45, 7) is 1.12. The first kappa shape index (κ1) is 15.6. The molecule has 8 nitrogen and oxygen atoms in total. The number of para-hydroxylation sites is 1. The van der Waals surface area contributed by atoms with Crippen molar-refractivity contribution in [1.82, 2.24) is 25.4 Å². The number of anilines is 1. The third-order valence-corrected chi connectivity index (χ3v) is 4.67. The van der Waals surface area contributed by atoms with Crippen LogP contribution in [-0.2, 0) is 17.8 Å². The summed E-state index contributed by atoms with van der Waals surface area (Å²) in [6, 6.07) is 9.12. The van der Waals surface area contributed by atoms with Crippen molar-refractivity contribution in [3.05, 3.63) is 42.5 Å². The number of amides is 3. The van der Waals surface area contributed by atoms with Gasteiger partial charge in [0, 0.05) is 25.1 Å². The van der Waals surface area contributed by atoms with Crippen molar-refractivity contribution < 1.29 is 9.59 Å². The fourth-order valence-electron chi connectivity index (χ4n) is 3.43. The Morgan fingerprint density at radius 1 is 1.12 bits per heavy atom. The summed E-state index contributed by atoms with van der Waals surface area (Å²) in [5.74, 6) is 0.986. The van der Waals surface area contributed by atoms with Crippen molar-refractivity contribution in [3.8, 4) is 0 Å². The van der Waals surface area contributed by atoms with Gasteiger partial charge < -0.3 is 15.5 Å². The molecule has 3 amide bonds. The molecule has 0 bridgehead atoms. The fraction of sp³-hybridized carbons (Fsp3) is 0.412. The average molecular weight is 340 g/mol. The Balaban J connectivity index is 1.31. The molecule has 1 aromatic carbocycles. The quantitative estimate of drug-likeness (QED) is 0.860. The van der Waals surface area contributed by atoms with Crippen LogP contribution in [0.5, 0.6) is 0 Å². The highest BCUT2D eigenvalue weighted by atomic mass is 16.2. The molecule has 2 aliphatic rings. The number of fused-ring (bicyclic) bond motifs is 1. The molecular formula is C17H20N6O2. The summed E-state index contributed by atoms with van der Waals surface area (Å²) in [7, 11) is 0. The Bertz CT molecular complexity index is 774. The Morgan fingerprint density at radius 2 is 1.92 bits per heavy atom. The molecule has 0 spiro atoms. The number of hydrogen-bond donors (Lipinski definition) is 2. The van der Waals surface area contributed by atoms with Crippen LogP contribution in [0.4, 0.5) is 10.5 Å². The largest absolute Gasteiger partial charge is 0.334 e. The van der Waals surface area contributed by atoms with Crippen LogP contribution in [0.1, 0.15) is 18.7 Å². The number of nitrogens with zero attached hydrogens (tertiary/aromatic N) is 4. The number of nitrogens with one attached hydrogen (secondary N) is 2. The lowest BCUT2D eigenvalue weighted by Gasteiger charge is -2.24. The SMILES string of the molecule is O=C(N[C@@H]1CCc2ncnn2C1)N[C@H]1CC(=O)N(c2ccccc2)C1. The maximum Gasteiger partial charge on any atom is 0.315 e. The fourth-order valence-corrected chi connectivity index (χ4v) is 3.43. The zero-order chi connectivity index (χ0) is 17.2. The predicted molar refractivity (Wildman–Crippen MR) is 91.0 cm³/mol. The van der Waals surface area contributed by atoms with Crippen LogP contribution in [0.3, 0.4) is 0 Å². The summed E-state index contributed by atoms with van der Waals surface area (Å²) < 4.78 is 1.82. The van der Waals surface area contributed by atoms with Crippen LogP contribution < -0.4 is 15.5 Å². The van der Waals surface area contributed by atoms with E-state index in [0.29, 0.717) is 19.5 Å². The van der Waals surface area contributed by atoms with Gasteiger partial charge in [0.05, 0.1) is 18.6 Å².